The quantitative estimate of drug-likeness (QED) is 0.462. The predicted molar refractivity (Wildman–Crippen MR) is 115 cm³/mol. The van der Waals surface area contributed by atoms with E-state index in [-0.39, 0.29) is 5.82 Å². The topological polar surface area (TPSA) is 47.6 Å². The third-order valence-electron chi connectivity index (χ3n) is 6.37. The van der Waals surface area contributed by atoms with Crippen molar-refractivity contribution in [2.24, 2.45) is 5.92 Å². The average Bonchev–Trinajstić information content (AvgIpc) is 2.76. The lowest BCUT2D eigenvalue weighted by atomic mass is 9.75. The summed E-state index contributed by atoms with van der Waals surface area (Å²) in [7, 11) is 0. The first-order chi connectivity index (χ1) is 14.2. The molecule has 150 valence electrons. The van der Waals surface area contributed by atoms with Gasteiger partial charge < -0.3 is 0 Å². The summed E-state index contributed by atoms with van der Waals surface area (Å²) < 4.78 is 13.3. The van der Waals surface area contributed by atoms with Gasteiger partial charge in [0.2, 0.25) is 0 Å². The normalized spacial score (nSPS) is 18.8. The zero-order valence-electron chi connectivity index (χ0n) is 17.3. The molecule has 0 heterocycles. The molecule has 2 aromatic carbocycles. The van der Waals surface area contributed by atoms with E-state index in [1.165, 1.54) is 57.1 Å². The summed E-state index contributed by atoms with van der Waals surface area (Å²) in [6.45, 7) is 2.24. The largest absolute Gasteiger partial charge is 0.207 e. The van der Waals surface area contributed by atoms with Gasteiger partial charge in [0.15, 0.2) is 0 Å². The van der Waals surface area contributed by atoms with Crippen LogP contribution in [0.15, 0.2) is 36.4 Å². The van der Waals surface area contributed by atoms with Crippen molar-refractivity contribution in [3.63, 3.8) is 0 Å². The number of unbranched alkanes of at least 4 members (excludes halogenated alkanes) is 3. The molecule has 0 unspecified atom stereocenters. The summed E-state index contributed by atoms with van der Waals surface area (Å²) >= 11 is 0. The minimum Gasteiger partial charge on any atom is -0.207 e. The second-order valence-electron chi connectivity index (χ2n) is 8.25. The summed E-state index contributed by atoms with van der Waals surface area (Å²) in [5, 5.41) is 19.6. The van der Waals surface area contributed by atoms with Crippen LogP contribution in [0.25, 0.3) is 11.1 Å². The lowest BCUT2D eigenvalue weighted by molar-refractivity contribution is 0.302. The minimum absolute atomic E-state index is 0.309. The third-order valence-corrected chi connectivity index (χ3v) is 6.37. The van der Waals surface area contributed by atoms with E-state index in [1.807, 2.05) is 12.1 Å². The van der Waals surface area contributed by atoms with Crippen molar-refractivity contribution in [3.05, 3.63) is 58.9 Å². The molecule has 0 radical (unpaired) electrons. The molecular weight excluding hydrogens is 359 g/mol. The Bertz CT molecular complexity index is 894. The molecule has 0 N–H and O–H groups in total. The molecule has 0 spiro atoms. The predicted octanol–water partition coefficient (Wildman–Crippen LogP) is 7.48. The maximum Gasteiger partial charge on any atom is 0.123 e. The van der Waals surface area contributed by atoms with Gasteiger partial charge in [0.25, 0.3) is 0 Å². The SMILES string of the molecule is CCCCCCC1CCC(c2ccc(-c3ccc(F)cc3)c(C#N)c2C#N)CC1. The number of nitrogens with zero attached hydrogens (tertiary/aromatic N) is 2. The van der Waals surface area contributed by atoms with Crippen molar-refractivity contribution in [1.82, 2.24) is 0 Å². The van der Waals surface area contributed by atoms with Crippen molar-refractivity contribution < 1.29 is 4.39 Å². The van der Waals surface area contributed by atoms with Crippen molar-refractivity contribution >= 4 is 0 Å². The highest BCUT2D eigenvalue weighted by Crippen LogP contribution is 2.41. The van der Waals surface area contributed by atoms with Gasteiger partial charge in [-0.25, -0.2) is 4.39 Å². The number of nitriles is 2. The van der Waals surface area contributed by atoms with Gasteiger partial charge in [0.05, 0.1) is 11.1 Å². The maximum absolute atomic E-state index is 13.3. The standard InChI is InChI=1S/C26H29FN2/c1-2-3-4-5-6-19-7-9-20(10-8-19)23-15-16-24(26(18-29)25(23)17-28)21-11-13-22(27)14-12-21/h11-16,19-20H,2-10H2,1H3. The molecule has 1 aliphatic carbocycles. The van der Waals surface area contributed by atoms with Crippen LogP contribution < -0.4 is 0 Å². The molecule has 0 amide bonds. The van der Waals surface area contributed by atoms with E-state index in [9.17, 15) is 14.9 Å². The van der Waals surface area contributed by atoms with E-state index in [2.05, 4.69) is 19.1 Å². The Morgan fingerprint density at radius 3 is 2.17 bits per heavy atom. The van der Waals surface area contributed by atoms with Crippen molar-refractivity contribution in [3.8, 4) is 23.3 Å². The van der Waals surface area contributed by atoms with Crippen LogP contribution in [0.2, 0.25) is 0 Å². The van der Waals surface area contributed by atoms with Crippen molar-refractivity contribution in [2.75, 3.05) is 0 Å². The average molecular weight is 389 g/mol. The first-order valence-electron chi connectivity index (χ1n) is 10.9. The van der Waals surface area contributed by atoms with Crippen LogP contribution >= 0.6 is 0 Å². The molecule has 29 heavy (non-hydrogen) atoms. The summed E-state index contributed by atoms with van der Waals surface area (Å²) in [5.74, 6) is 0.851. The molecule has 0 aromatic heterocycles. The number of hydrogen-bond donors (Lipinski definition) is 0. The third kappa shape index (κ3) is 5.04. The Labute approximate surface area is 174 Å². The minimum atomic E-state index is -0.309. The summed E-state index contributed by atoms with van der Waals surface area (Å²) in [4.78, 5) is 0. The molecule has 2 aromatic rings. The van der Waals surface area contributed by atoms with Gasteiger partial charge in [0.1, 0.15) is 18.0 Å². The molecule has 3 rings (SSSR count). The number of benzene rings is 2. The lowest BCUT2D eigenvalue weighted by Gasteiger charge is -2.29. The second kappa shape index (κ2) is 10.2. The fourth-order valence-electron chi connectivity index (χ4n) is 4.69. The van der Waals surface area contributed by atoms with Crippen molar-refractivity contribution in [1.29, 1.82) is 10.5 Å². The molecule has 1 saturated carbocycles. The van der Waals surface area contributed by atoms with Crippen LogP contribution in [0.3, 0.4) is 0 Å². The molecule has 0 aliphatic heterocycles. The summed E-state index contributed by atoms with van der Waals surface area (Å²) in [5.41, 5.74) is 3.40. The second-order valence-corrected chi connectivity index (χ2v) is 8.25. The van der Waals surface area contributed by atoms with E-state index in [0.29, 0.717) is 22.6 Å². The zero-order valence-corrected chi connectivity index (χ0v) is 17.3. The Hall–Kier alpha value is -2.65. The molecule has 1 aliphatic rings. The number of rotatable bonds is 7. The monoisotopic (exact) mass is 388 g/mol. The van der Waals surface area contributed by atoms with Gasteiger partial charge in [0, 0.05) is 5.56 Å². The van der Waals surface area contributed by atoms with Crippen LogP contribution in [-0.2, 0) is 0 Å². The van der Waals surface area contributed by atoms with Gasteiger partial charge in [-0.15, -0.1) is 0 Å². The van der Waals surface area contributed by atoms with E-state index >= 15 is 0 Å². The lowest BCUT2D eigenvalue weighted by Crippen LogP contribution is -2.15. The van der Waals surface area contributed by atoms with Gasteiger partial charge in [-0.1, -0.05) is 63.3 Å². The van der Waals surface area contributed by atoms with E-state index in [0.717, 1.165) is 29.9 Å². The molecule has 0 bridgehead atoms. The maximum atomic E-state index is 13.3. The zero-order chi connectivity index (χ0) is 20.6. The highest BCUT2D eigenvalue weighted by atomic mass is 19.1. The fraction of sp³-hybridized carbons (Fsp3) is 0.462. The summed E-state index contributed by atoms with van der Waals surface area (Å²) in [6, 6.07) is 14.6. The first-order valence-corrected chi connectivity index (χ1v) is 10.9. The van der Waals surface area contributed by atoms with Crippen LogP contribution in [0.4, 0.5) is 4.39 Å². The molecule has 1 fully saturated rings. The van der Waals surface area contributed by atoms with Gasteiger partial charge in [-0.3, -0.25) is 0 Å². The van der Waals surface area contributed by atoms with Crippen LogP contribution in [0.5, 0.6) is 0 Å². The van der Waals surface area contributed by atoms with Crippen LogP contribution in [0.1, 0.15) is 87.3 Å². The molecule has 0 saturated heterocycles. The summed E-state index contributed by atoms with van der Waals surface area (Å²) in [6.07, 6.45) is 11.2. The van der Waals surface area contributed by atoms with Gasteiger partial charge >= 0.3 is 0 Å². The van der Waals surface area contributed by atoms with E-state index in [1.54, 1.807) is 12.1 Å². The Morgan fingerprint density at radius 1 is 0.862 bits per heavy atom. The Balaban J connectivity index is 1.77. The van der Waals surface area contributed by atoms with Crippen LogP contribution in [-0.4, -0.2) is 0 Å². The molecular formula is C26H29FN2. The molecule has 3 heteroatoms. The Kier molecular flexibility index (Phi) is 7.42. The van der Waals surface area contributed by atoms with Crippen LogP contribution in [0, 0.1) is 34.4 Å². The highest BCUT2D eigenvalue weighted by Gasteiger charge is 2.26. The van der Waals surface area contributed by atoms with Gasteiger partial charge in [-0.2, -0.15) is 10.5 Å². The Morgan fingerprint density at radius 2 is 1.55 bits per heavy atom. The van der Waals surface area contributed by atoms with Crippen molar-refractivity contribution in [2.45, 2.75) is 70.6 Å². The molecule has 2 nitrogen and oxygen atoms in total. The smallest absolute Gasteiger partial charge is 0.123 e. The van der Waals surface area contributed by atoms with E-state index < -0.39 is 0 Å². The van der Waals surface area contributed by atoms with E-state index in [4.69, 9.17) is 0 Å². The first kappa shape index (κ1) is 21.1. The van der Waals surface area contributed by atoms with Gasteiger partial charge in [-0.05, 0) is 60.8 Å². The number of hydrogen-bond acceptors (Lipinski definition) is 2. The molecule has 0 atom stereocenters. The fourth-order valence-corrected chi connectivity index (χ4v) is 4.69. The number of halogens is 1. The highest BCUT2D eigenvalue weighted by molar-refractivity contribution is 5.75.